The van der Waals surface area contributed by atoms with Crippen LogP contribution in [0, 0.1) is 57.2 Å². The lowest BCUT2D eigenvalue weighted by Gasteiger charge is -2.59. The Kier molecular flexibility index (Phi) is 30.2. The maximum absolute atomic E-state index is 11.8. The number of aliphatic hydroxyl groups is 2. The van der Waals surface area contributed by atoms with Gasteiger partial charge in [-0.05, 0) is 129 Å². The van der Waals surface area contributed by atoms with E-state index in [2.05, 4.69) is 75.4 Å². The summed E-state index contributed by atoms with van der Waals surface area (Å²) in [7, 11) is 5.81. The third-order valence-electron chi connectivity index (χ3n) is 15.1. The van der Waals surface area contributed by atoms with E-state index in [1.165, 1.54) is 50.5 Å². The molecule has 9 heteroatoms. The van der Waals surface area contributed by atoms with Crippen LogP contribution < -0.4 is 5.32 Å². The van der Waals surface area contributed by atoms with E-state index >= 15 is 0 Å². The highest BCUT2D eigenvalue weighted by atomic mass is 16.5. The third-order valence-corrected chi connectivity index (χ3v) is 15.1. The van der Waals surface area contributed by atoms with E-state index in [1.54, 1.807) is 7.11 Å². The summed E-state index contributed by atoms with van der Waals surface area (Å²) in [5, 5.41) is 27.2. The fraction of sp³-hybridized carbons (Fsp3) is 0.885. The summed E-state index contributed by atoms with van der Waals surface area (Å²) in [4.78, 5) is 29.7. The van der Waals surface area contributed by atoms with Gasteiger partial charge in [0.1, 0.15) is 6.29 Å². The molecule has 1 aliphatic heterocycles. The Hall–Kier alpha value is -1.78. The highest BCUT2D eigenvalue weighted by Gasteiger charge is 2.65. The highest BCUT2D eigenvalue weighted by molar-refractivity contribution is 5.72. The molecule has 4 fully saturated rings. The van der Waals surface area contributed by atoms with E-state index in [0.29, 0.717) is 36.2 Å². The van der Waals surface area contributed by atoms with Crippen molar-refractivity contribution in [3.05, 3.63) is 28.7 Å². The Morgan fingerprint density at radius 2 is 1.67 bits per heavy atom. The first-order valence-electron chi connectivity index (χ1n) is 25.1. The second kappa shape index (κ2) is 31.2. The largest absolute Gasteiger partial charge is 0.392 e. The van der Waals surface area contributed by atoms with Gasteiger partial charge in [-0.2, -0.15) is 4.91 Å². The molecule has 5 rings (SSSR count). The summed E-state index contributed by atoms with van der Waals surface area (Å²) < 4.78 is 5.49. The van der Waals surface area contributed by atoms with Crippen LogP contribution in [0.2, 0.25) is 0 Å². The first-order chi connectivity index (χ1) is 29.3. The molecule has 3 N–H and O–H groups in total. The number of nitroso groups, excluding NO2 is 1. The Morgan fingerprint density at radius 3 is 2.15 bits per heavy atom. The number of aliphatic hydroxyl groups excluding tert-OH is 2. The van der Waals surface area contributed by atoms with Crippen molar-refractivity contribution in [2.75, 3.05) is 47.5 Å². The van der Waals surface area contributed by atoms with Crippen LogP contribution in [-0.2, 0) is 9.53 Å². The number of likely N-dealkylation sites (N-methyl/N-ethyl adjacent to an activating group) is 1. The van der Waals surface area contributed by atoms with Crippen molar-refractivity contribution < 1.29 is 19.7 Å². The van der Waals surface area contributed by atoms with E-state index < -0.39 is 0 Å². The number of nitrogens with one attached hydrogen (secondary N) is 1. The van der Waals surface area contributed by atoms with Gasteiger partial charge >= 0.3 is 0 Å². The average Bonchev–Trinajstić information content (AvgIpc) is 3.51. The standard InChI is InChI=1S/C23H45NO3.C20H28N2O2.C3H9N.3C2H6/c1-18(10-7-11-19(2)16-25)12-9-15-24(5)20(3)22(26)23(4,17-27-6)21-13-8-14-21;1-3-9-19(2)13(8-10-23)4-6-15-16-7-5-14-12-21-20(14,16)11-17(22-24)18(15)19;1-3-4-2;3*1-2/h16,18-22,26H,7-15,17H2,1-6H3;3,8-9,12,14-18,23H,4-7,10-11H2,1-2H3;4H,3H2,1-2H3;3*1-2H3/b;9-3-,13-8-;;;;/t18-,19?,20?,22?,23?;;;;;/m1...../s1. The summed E-state index contributed by atoms with van der Waals surface area (Å²) in [5.41, 5.74) is 0.977. The lowest BCUT2D eigenvalue weighted by Crippen LogP contribution is -2.60. The molecular weight excluding hydrogens is 761 g/mol. The number of nitrogens with zero attached hydrogens (tertiary/aromatic N) is 3. The molecule has 61 heavy (non-hydrogen) atoms. The van der Waals surface area contributed by atoms with Gasteiger partial charge in [-0.1, -0.05) is 124 Å². The fourth-order valence-electron chi connectivity index (χ4n) is 11.3. The average molecular weight is 861 g/mol. The molecule has 0 saturated heterocycles. The summed E-state index contributed by atoms with van der Waals surface area (Å²) >= 11 is 0. The molecule has 0 aromatic carbocycles. The molecule has 4 saturated carbocycles. The molecular formula is C52H100N4O5. The van der Waals surface area contributed by atoms with Crippen molar-refractivity contribution in [2.45, 2.75) is 197 Å². The number of hydrogen-bond donors (Lipinski definition) is 3. The molecule has 358 valence electrons. The van der Waals surface area contributed by atoms with Crippen LogP contribution in [0.3, 0.4) is 0 Å². The molecule has 12 atom stereocenters. The number of rotatable bonds is 19. The van der Waals surface area contributed by atoms with Crippen LogP contribution in [0.5, 0.6) is 0 Å². The van der Waals surface area contributed by atoms with Gasteiger partial charge < -0.3 is 30.0 Å². The van der Waals surface area contributed by atoms with Crippen LogP contribution in [0.1, 0.15) is 173 Å². The zero-order chi connectivity index (χ0) is 46.8. The topological polar surface area (TPSA) is 124 Å². The summed E-state index contributed by atoms with van der Waals surface area (Å²) in [6.07, 6.45) is 23.9. The van der Waals surface area contributed by atoms with Crippen LogP contribution in [0.15, 0.2) is 34.0 Å². The third kappa shape index (κ3) is 15.4. The normalized spacial score (nSPS) is 30.6. The minimum atomic E-state index is -0.366. The predicted molar refractivity (Wildman–Crippen MR) is 262 cm³/mol. The van der Waals surface area contributed by atoms with Crippen molar-refractivity contribution in [3.63, 3.8) is 0 Å². The van der Waals surface area contributed by atoms with Gasteiger partial charge in [-0.3, -0.25) is 4.99 Å². The zero-order valence-corrected chi connectivity index (χ0v) is 42.6. The molecule has 0 bridgehead atoms. The lowest BCUT2D eigenvalue weighted by molar-refractivity contribution is -0.110. The van der Waals surface area contributed by atoms with Crippen LogP contribution in [0.25, 0.3) is 0 Å². The van der Waals surface area contributed by atoms with Crippen molar-refractivity contribution in [1.82, 2.24) is 10.2 Å². The smallest absolute Gasteiger partial charge is 0.122 e. The molecule has 0 aromatic rings. The monoisotopic (exact) mass is 861 g/mol. The number of carbonyl (C=O) groups excluding carboxylic acids is 1. The molecule has 11 unspecified atom stereocenters. The number of aldehydes is 1. The van der Waals surface area contributed by atoms with E-state index in [0.717, 1.165) is 57.9 Å². The maximum atomic E-state index is 11.8. The first kappa shape index (κ1) is 59.2. The van der Waals surface area contributed by atoms with Gasteiger partial charge in [0.2, 0.25) is 0 Å². The Morgan fingerprint density at radius 1 is 1.05 bits per heavy atom. The predicted octanol–water partition coefficient (Wildman–Crippen LogP) is 11.7. The van der Waals surface area contributed by atoms with Crippen molar-refractivity contribution >= 4 is 12.5 Å². The maximum Gasteiger partial charge on any atom is 0.122 e. The van der Waals surface area contributed by atoms with Crippen LogP contribution in [0.4, 0.5) is 0 Å². The summed E-state index contributed by atoms with van der Waals surface area (Å²) in [6, 6.07) is -0.0395. The number of ether oxygens (including phenoxy) is 1. The van der Waals surface area contributed by atoms with Gasteiger partial charge in [0.25, 0.3) is 0 Å². The molecule has 0 aromatic heterocycles. The van der Waals surface area contributed by atoms with Gasteiger partial charge in [0.15, 0.2) is 0 Å². The number of methoxy groups -OCH3 is 1. The van der Waals surface area contributed by atoms with Crippen LogP contribution >= 0.6 is 0 Å². The number of hydrogen-bond acceptors (Lipinski definition) is 9. The number of aliphatic imine (C=N–C) groups is 1. The first-order valence-corrected chi connectivity index (χ1v) is 25.1. The van der Waals surface area contributed by atoms with E-state index in [9.17, 15) is 19.9 Å². The Bertz CT molecular complexity index is 1250. The minimum Gasteiger partial charge on any atom is -0.392 e. The van der Waals surface area contributed by atoms with E-state index in [1.807, 2.05) is 68.5 Å². The van der Waals surface area contributed by atoms with Gasteiger partial charge in [0.05, 0.1) is 30.9 Å². The van der Waals surface area contributed by atoms with E-state index in [-0.39, 0.29) is 53.0 Å². The van der Waals surface area contributed by atoms with Gasteiger partial charge in [-0.15, -0.1) is 0 Å². The molecule has 5 aliphatic rings. The molecule has 0 radical (unpaired) electrons. The van der Waals surface area contributed by atoms with Crippen LogP contribution in [-0.4, -0.2) is 98.8 Å². The van der Waals surface area contributed by atoms with Gasteiger partial charge in [-0.25, -0.2) is 0 Å². The second-order valence-corrected chi connectivity index (χ2v) is 18.6. The van der Waals surface area contributed by atoms with Gasteiger partial charge in [0, 0.05) is 47.9 Å². The molecule has 1 spiro atoms. The summed E-state index contributed by atoms with van der Waals surface area (Å²) in [6.45, 7) is 29.8. The number of fused-ring (bicyclic) bond motifs is 2. The zero-order valence-electron chi connectivity index (χ0n) is 42.6. The lowest BCUT2D eigenvalue weighted by atomic mass is 9.48. The van der Waals surface area contributed by atoms with E-state index in [4.69, 9.17) is 9.73 Å². The molecule has 4 aliphatic carbocycles. The Labute approximate surface area is 377 Å². The number of allylic oxidation sites excluding steroid dienone is 3. The fourth-order valence-corrected chi connectivity index (χ4v) is 11.3. The Balaban J connectivity index is 0.000000976. The minimum absolute atomic E-state index is 0.0226. The van der Waals surface area contributed by atoms with Crippen molar-refractivity contribution in [1.29, 1.82) is 0 Å². The quantitative estimate of drug-likeness (QED) is 0.0671. The molecule has 9 nitrogen and oxygen atoms in total. The summed E-state index contributed by atoms with van der Waals surface area (Å²) in [5.74, 6) is 3.42. The molecule has 1 heterocycles. The number of carbonyl (C=O) groups is 1. The van der Waals surface area contributed by atoms with Crippen molar-refractivity contribution in [2.24, 2.45) is 62.4 Å². The van der Waals surface area contributed by atoms with Crippen molar-refractivity contribution in [3.8, 4) is 0 Å². The second-order valence-electron chi connectivity index (χ2n) is 18.6. The highest BCUT2D eigenvalue weighted by Crippen LogP contribution is 2.65. The molecule has 0 amide bonds. The SMILES string of the molecule is C/C=C\C1(C)/C(=C\CO)CCC2C1C(N=O)CC13N=CC1CCC23.CC.CC.CC.CCNC.COCC(C)(C1CCC1)C(O)C(C)N(C)CCC[C@H](C)CCCC(C)C=O.